The predicted octanol–water partition coefficient (Wildman–Crippen LogP) is 3.35. The van der Waals surface area contributed by atoms with Crippen molar-refractivity contribution in [2.75, 3.05) is 44.2 Å². The summed E-state index contributed by atoms with van der Waals surface area (Å²) in [6.07, 6.45) is 0.996. The van der Waals surface area contributed by atoms with Crippen LogP contribution in [0.3, 0.4) is 0 Å². The van der Waals surface area contributed by atoms with Crippen molar-refractivity contribution in [2.45, 2.75) is 19.8 Å². The molecule has 5 heteroatoms. The Bertz CT molecular complexity index is 1200. The first-order valence-electron chi connectivity index (χ1n) is 12.9. The minimum atomic E-state index is -0.137. The molecule has 0 aliphatic carbocycles. The molecule has 184 valence electrons. The number of anilines is 1. The zero-order valence-corrected chi connectivity index (χ0v) is 21.0. The molecule has 3 aromatic rings. The summed E-state index contributed by atoms with van der Waals surface area (Å²) >= 11 is 0. The molecule has 2 heterocycles. The number of carbonyl (C=O) groups is 2. The van der Waals surface area contributed by atoms with Crippen molar-refractivity contribution >= 4 is 23.1 Å². The highest BCUT2D eigenvalue weighted by atomic mass is 16.2. The van der Waals surface area contributed by atoms with Crippen molar-refractivity contribution in [1.82, 2.24) is 4.90 Å². The summed E-state index contributed by atoms with van der Waals surface area (Å²) in [6.45, 7) is 7.85. The smallest absolute Gasteiger partial charge is 0.257 e. The zero-order valence-electron chi connectivity index (χ0n) is 21.0. The monoisotopic (exact) mass is 480 g/mol. The Balaban J connectivity index is 1.23. The fourth-order valence-electron chi connectivity index (χ4n) is 5.46. The predicted molar refractivity (Wildman–Crippen MR) is 144 cm³/mol. The lowest BCUT2D eigenvalue weighted by Crippen LogP contribution is -3.15. The zero-order chi connectivity index (χ0) is 24.9. The fraction of sp³-hybridized carbons (Fsp3) is 0.290. The molecule has 36 heavy (non-hydrogen) atoms. The van der Waals surface area contributed by atoms with E-state index in [4.69, 9.17) is 0 Å². The van der Waals surface area contributed by atoms with Crippen LogP contribution in [0.4, 0.5) is 5.69 Å². The van der Waals surface area contributed by atoms with Crippen molar-refractivity contribution in [1.29, 1.82) is 0 Å². The first-order chi connectivity index (χ1) is 17.6. The van der Waals surface area contributed by atoms with Crippen LogP contribution in [-0.4, -0.2) is 56.0 Å². The molecule has 2 aliphatic heterocycles. The molecule has 1 N–H and O–H groups in total. The largest absolute Gasteiger partial charge is 0.360 e. The molecule has 2 fully saturated rings. The van der Waals surface area contributed by atoms with Crippen LogP contribution >= 0.6 is 0 Å². The second kappa shape index (κ2) is 10.9. The number of para-hydroxylation sites is 1. The van der Waals surface area contributed by atoms with Gasteiger partial charge in [-0.05, 0) is 35.3 Å². The Morgan fingerprint density at radius 3 is 2.00 bits per heavy atom. The molecule has 2 aliphatic rings. The van der Waals surface area contributed by atoms with Gasteiger partial charge in [0, 0.05) is 24.2 Å². The van der Waals surface area contributed by atoms with Crippen LogP contribution in [0.15, 0.2) is 90.5 Å². The molecule has 0 bridgehead atoms. The molecule has 3 aromatic carbocycles. The van der Waals surface area contributed by atoms with E-state index >= 15 is 0 Å². The second-order valence-electron chi connectivity index (χ2n) is 9.74. The van der Waals surface area contributed by atoms with Crippen LogP contribution in [0.25, 0.3) is 5.57 Å². The highest BCUT2D eigenvalue weighted by Gasteiger charge is 2.36. The van der Waals surface area contributed by atoms with E-state index in [9.17, 15) is 9.59 Å². The molecule has 0 radical (unpaired) electrons. The number of amides is 2. The van der Waals surface area contributed by atoms with Crippen LogP contribution in [0.1, 0.15) is 29.5 Å². The third-order valence-electron chi connectivity index (χ3n) is 7.40. The van der Waals surface area contributed by atoms with E-state index in [-0.39, 0.29) is 18.2 Å². The van der Waals surface area contributed by atoms with Crippen molar-refractivity contribution in [3.8, 4) is 0 Å². The number of likely N-dealkylation sites (tertiary alicyclic amines) is 1. The number of piperazine rings is 1. The number of imide groups is 1. The first-order valence-corrected chi connectivity index (χ1v) is 12.9. The molecule has 0 atom stereocenters. The van der Waals surface area contributed by atoms with Crippen LogP contribution in [0, 0.1) is 6.92 Å². The van der Waals surface area contributed by atoms with Gasteiger partial charge in [0.1, 0.15) is 0 Å². The van der Waals surface area contributed by atoms with Gasteiger partial charge in [-0.2, -0.15) is 0 Å². The number of quaternary nitrogens is 1. The number of benzene rings is 3. The normalized spacial score (nSPS) is 16.6. The summed E-state index contributed by atoms with van der Waals surface area (Å²) in [4.78, 5) is 31.9. The van der Waals surface area contributed by atoms with Gasteiger partial charge in [0.05, 0.1) is 39.1 Å². The molecule has 0 unspecified atom stereocenters. The van der Waals surface area contributed by atoms with E-state index in [0.29, 0.717) is 12.1 Å². The standard InChI is InChI=1S/C31H33N3O2/c1-24-11-8-9-16-28(24)33-21-19-32(20-22-33)17-10-18-34-29(35)23-27(31(34)36)30(25-12-4-2-5-13-25)26-14-6-3-7-15-26/h2-9,11-16H,10,17-23H2,1H3/p+1. The van der Waals surface area contributed by atoms with Crippen molar-refractivity contribution in [3.63, 3.8) is 0 Å². The Hall–Kier alpha value is -3.70. The van der Waals surface area contributed by atoms with Gasteiger partial charge in [0.25, 0.3) is 5.91 Å². The maximum Gasteiger partial charge on any atom is 0.257 e. The minimum absolute atomic E-state index is 0.0845. The molecule has 0 spiro atoms. The van der Waals surface area contributed by atoms with E-state index in [1.54, 1.807) is 4.90 Å². The number of aryl methyl sites for hydroxylation is 1. The summed E-state index contributed by atoms with van der Waals surface area (Å²) in [7, 11) is 0. The summed E-state index contributed by atoms with van der Waals surface area (Å²) in [6, 6.07) is 28.4. The van der Waals surface area contributed by atoms with Gasteiger partial charge < -0.3 is 9.80 Å². The number of carbonyl (C=O) groups excluding carboxylic acids is 2. The molecule has 0 saturated carbocycles. The average molecular weight is 481 g/mol. The van der Waals surface area contributed by atoms with Gasteiger partial charge in [0.15, 0.2) is 0 Å². The van der Waals surface area contributed by atoms with E-state index < -0.39 is 0 Å². The van der Waals surface area contributed by atoms with Crippen LogP contribution < -0.4 is 9.80 Å². The summed E-state index contributed by atoms with van der Waals surface area (Å²) in [5, 5.41) is 0. The second-order valence-corrected chi connectivity index (χ2v) is 9.74. The lowest BCUT2D eigenvalue weighted by molar-refractivity contribution is -0.900. The van der Waals surface area contributed by atoms with E-state index in [1.807, 2.05) is 60.7 Å². The third-order valence-corrected chi connectivity index (χ3v) is 7.40. The van der Waals surface area contributed by atoms with E-state index in [2.05, 4.69) is 36.1 Å². The molecule has 2 amide bonds. The minimum Gasteiger partial charge on any atom is -0.360 e. The number of rotatable bonds is 7. The number of nitrogens with zero attached hydrogens (tertiary/aromatic N) is 2. The molecule has 0 aromatic heterocycles. The highest BCUT2D eigenvalue weighted by molar-refractivity contribution is 6.18. The van der Waals surface area contributed by atoms with E-state index in [1.165, 1.54) is 16.2 Å². The lowest BCUT2D eigenvalue weighted by atomic mass is 9.92. The van der Waals surface area contributed by atoms with Gasteiger partial charge in [-0.25, -0.2) is 0 Å². The summed E-state index contributed by atoms with van der Waals surface area (Å²) in [5.41, 5.74) is 6.07. The lowest BCUT2D eigenvalue weighted by Gasteiger charge is -2.34. The maximum atomic E-state index is 13.5. The Morgan fingerprint density at radius 2 is 1.39 bits per heavy atom. The molecule has 5 rings (SSSR count). The first kappa shape index (κ1) is 24.0. The number of nitrogens with one attached hydrogen (secondary N) is 1. The highest BCUT2D eigenvalue weighted by Crippen LogP contribution is 2.33. The number of hydrogen-bond acceptors (Lipinski definition) is 3. The van der Waals surface area contributed by atoms with Crippen molar-refractivity contribution < 1.29 is 14.5 Å². The van der Waals surface area contributed by atoms with Crippen molar-refractivity contribution in [3.05, 3.63) is 107 Å². The van der Waals surface area contributed by atoms with Crippen LogP contribution in [0.2, 0.25) is 0 Å². The SMILES string of the molecule is Cc1ccccc1N1CC[NH+](CCCN2C(=O)CC(=C(c3ccccc3)c3ccccc3)C2=O)CC1. The fourth-order valence-corrected chi connectivity index (χ4v) is 5.46. The third kappa shape index (κ3) is 5.12. The van der Waals surface area contributed by atoms with Crippen molar-refractivity contribution in [2.24, 2.45) is 0 Å². The summed E-state index contributed by atoms with van der Waals surface area (Å²) in [5.74, 6) is -0.221. The molecular formula is C31H34N3O2+. The topological polar surface area (TPSA) is 45.1 Å². The number of hydrogen-bond donors (Lipinski definition) is 1. The molecule has 2 saturated heterocycles. The molecular weight excluding hydrogens is 446 g/mol. The summed E-state index contributed by atoms with van der Waals surface area (Å²) < 4.78 is 0. The van der Waals surface area contributed by atoms with Gasteiger partial charge in [0.2, 0.25) is 5.91 Å². The van der Waals surface area contributed by atoms with Gasteiger partial charge >= 0.3 is 0 Å². The Kier molecular flexibility index (Phi) is 7.28. The van der Waals surface area contributed by atoms with Gasteiger partial charge in [-0.15, -0.1) is 0 Å². The van der Waals surface area contributed by atoms with E-state index in [0.717, 1.165) is 55.8 Å². The van der Waals surface area contributed by atoms with Gasteiger partial charge in [-0.1, -0.05) is 78.9 Å². The average Bonchev–Trinajstić information content (AvgIpc) is 3.19. The Labute approximate surface area is 213 Å². The van der Waals surface area contributed by atoms with Gasteiger partial charge in [-0.3, -0.25) is 14.5 Å². The van der Waals surface area contributed by atoms with Crippen LogP contribution in [0.5, 0.6) is 0 Å². The maximum absolute atomic E-state index is 13.5. The molecule has 5 nitrogen and oxygen atoms in total. The Morgan fingerprint density at radius 1 is 0.806 bits per heavy atom. The van der Waals surface area contributed by atoms with Crippen LogP contribution in [-0.2, 0) is 9.59 Å². The quantitative estimate of drug-likeness (QED) is 0.417.